The van der Waals surface area contributed by atoms with Crippen LogP contribution in [0.5, 0.6) is 0 Å². The first kappa shape index (κ1) is 20.4. The van der Waals surface area contributed by atoms with E-state index in [1.54, 1.807) is 11.8 Å². The summed E-state index contributed by atoms with van der Waals surface area (Å²) in [6.45, 7) is 1.85. The van der Waals surface area contributed by atoms with Crippen molar-refractivity contribution in [3.8, 4) is 0 Å². The lowest BCUT2D eigenvalue weighted by Gasteiger charge is -2.24. The number of thioether (sulfide) groups is 1. The van der Waals surface area contributed by atoms with E-state index in [2.05, 4.69) is 12.2 Å². The number of hydrogen-bond donors (Lipinski definition) is 1. The molecular formula is C24H24N2O3S. The molecule has 0 saturated carbocycles. The third-order valence-electron chi connectivity index (χ3n) is 5.40. The number of nitrogens with zero attached hydrogens (tertiary/aromatic N) is 1. The molecule has 1 unspecified atom stereocenters. The molecule has 30 heavy (non-hydrogen) atoms. The van der Waals surface area contributed by atoms with Crippen LogP contribution in [0.25, 0.3) is 10.9 Å². The first-order chi connectivity index (χ1) is 14.5. The standard InChI is InChI=1S/C24H24N2O3S/c1-15-10-11-21-19(12-15)23(18-8-3-4-9-20(18)26-21)24(28)29-14-22(27)25-16-6-5-7-17(13-16)30-2/h3-9,13,15H,10-12,14H2,1-2H3,(H,25,27). The number of anilines is 1. The summed E-state index contributed by atoms with van der Waals surface area (Å²) in [5, 5.41) is 3.57. The molecular weight excluding hydrogens is 396 g/mol. The molecule has 1 N–H and O–H groups in total. The first-order valence-electron chi connectivity index (χ1n) is 10.1. The Balaban J connectivity index is 1.54. The van der Waals surface area contributed by atoms with Crippen molar-refractivity contribution in [3.05, 3.63) is 65.4 Å². The molecule has 1 heterocycles. The van der Waals surface area contributed by atoms with Crippen molar-refractivity contribution in [2.24, 2.45) is 5.92 Å². The van der Waals surface area contributed by atoms with Crippen LogP contribution in [0.4, 0.5) is 5.69 Å². The SMILES string of the molecule is CSc1cccc(NC(=O)COC(=O)c2c3c(nc4ccccc24)CCC(C)C3)c1. The normalized spacial score (nSPS) is 15.5. The highest BCUT2D eigenvalue weighted by molar-refractivity contribution is 7.98. The Hall–Kier alpha value is -2.86. The summed E-state index contributed by atoms with van der Waals surface area (Å²) in [4.78, 5) is 31.2. The third kappa shape index (κ3) is 4.33. The molecule has 0 aliphatic heterocycles. The minimum absolute atomic E-state index is 0.330. The number of aryl methyl sites for hydroxylation is 1. The van der Waals surface area contributed by atoms with Gasteiger partial charge in [-0.2, -0.15) is 0 Å². The van der Waals surface area contributed by atoms with Crippen LogP contribution in [0, 0.1) is 5.92 Å². The van der Waals surface area contributed by atoms with Crippen LogP contribution < -0.4 is 5.32 Å². The van der Waals surface area contributed by atoms with Gasteiger partial charge in [0.05, 0.1) is 11.1 Å². The zero-order valence-electron chi connectivity index (χ0n) is 17.1. The highest BCUT2D eigenvalue weighted by atomic mass is 32.2. The molecule has 6 heteroatoms. The smallest absolute Gasteiger partial charge is 0.339 e. The first-order valence-corrected chi connectivity index (χ1v) is 11.3. The van der Waals surface area contributed by atoms with Crippen LogP contribution >= 0.6 is 11.8 Å². The Morgan fingerprint density at radius 3 is 2.87 bits per heavy atom. The number of para-hydroxylation sites is 1. The highest BCUT2D eigenvalue weighted by Crippen LogP contribution is 2.32. The molecule has 0 spiro atoms. The molecule has 4 rings (SSSR count). The maximum absolute atomic E-state index is 13.1. The van der Waals surface area contributed by atoms with Gasteiger partial charge in [0.15, 0.2) is 6.61 Å². The molecule has 1 aliphatic carbocycles. The Kier molecular flexibility index (Phi) is 6.04. The number of hydrogen-bond acceptors (Lipinski definition) is 5. The number of esters is 1. The molecule has 1 atom stereocenters. The maximum atomic E-state index is 13.1. The van der Waals surface area contributed by atoms with Gasteiger partial charge in [0.2, 0.25) is 0 Å². The fourth-order valence-electron chi connectivity index (χ4n) is 3.90. The minimum atomic E-state index is -0.466. The van der Waals surface area contributed by atoms with Gasteiger partial charge in [-0.1, -0.05) is 31.2 Å². The molecule has 1 amide bonds. The van der Waals surface area contributed by atoms with Gasteiger partial charge in [-0.15, -0.1) is 11.8 Å². The molecule has 1 aliphatic rings. The molecule has 154 valence electrons. The van der Waals surface area contributed by atoms with Gasteiger partial charge in [0, 0.05) is 21.7 Å². The molecule has 0 bridgehead atoms. The van der Waals surface area contributed by atoms with Gasteiger partial charge in [-0.25, -0.2) is 4.79 Å². The molecule has 1 aromatic heterocycles. The van der Waals surface area contributed by atoms with E-state index in [-0.39, 0.29) is 12.5 Å². The summed E-state index contributed by atoms with van der Waals surface area (Å²) in [5.74, 6) is -0.340. The van der Waals surface area contributed by atoms with Crippen molar-refractivity contribution in [1.29, 1.82) is 0 Å². The van der Waals surface area contributed by atoms with Gasteiger partial charge in [0.25, 0.3) is 5.91 Å². The van der Waals surface area contributed by atoms with Crippen LogP contribution in [0.2, 0.25) is 0 Å². The average molecular weight is 421 g/mol. The van der Waals surface area contributed by atoms with Crippen molar-refractivity contribution in [2.75, 3.05) is 18.2 Å². The summed E-state index contributed by atoms with van der Waals surface area (Å²) in [5.41, 5.74) is 3.96. The van der Waals surface area contributed by atoms with Crippen LogP contribution in [-0.2, 0) is 22.4 Å². The lowest BCUT2D eigenvalue weighted by atomic mass is 9.84. The van der Waals surface area contributed by atoms with Gasteiger partial charge in [-0.05, 0) is 61.3 Å². The number of nitrogens with one attached hydrogen (secondary N) is 1. The lowest BCUT2D eigenvalue weighted by Crippen LogP contribution is -2.23. The number of amides is 1. The van der Waals surface area contributed by atoms with E-state index >= 15 is 0 Å². The van der Waals surface area contributed by atoms with E-state index in [9.17, 15) is 9.59 Å². The largest absolute Gasteiger partial charge is 0.452 e. The number of pyridine rings is 1. The fourth-order valence-corrected chi connectivity index (χ4v) is 4.36. The number of aromatic nitrogens is 1. The number of carbonyl (C=O) groups excluding carboxylic acids is 2. The molecule has 5 nitrogen and oxygen atoms in total. The average Bonchev–Trinajstić information content (AvgIpc) is 2.76. The molecule has 0 saturated heterocycles. The van der Waals surface area contributed by atoms with Crippen LogP contribution in [0.1, 0.15) is 35.0 Å². The second-order valence-electron chi connectivity index (χ2n) is 7.63. The van der Waals surface area contributed by atoms with Crippen molar-refractivity contribution in [1.82, 2.24) is 4.98 Å². The Morgan fingerprint density at radius 2 is 2.03 bits per heavy atom. The molecule has 3 aromatic rings. The van der Waals surface area contributed by atoms with Gasteiger partial charge in [0.1, 0.15) is 0 Å². The van der Waals surface area contributed by atoms with Crippen LogP contribution in [0.3, 0.4) is 0 Å². The number of benzene rings is 2. The topological polar surface area (TPSA) is 68.3 Å². The predicted octanol–water partition coefficient (Wildman–Crippen LogP) is 4.88. The van der Waals surface area contributed by atoms with E-state index in [1.807, 2.05) is 54.8 Å². The Morgan fingerprint density at radius 1 is 1.20 bits per heavy atom. The number of ether oxygens (including phenoxy) is 1. The Labute approximate surface area is 180 Å². The molecule has 0 radical (unpaired) electrons. The minimum Gasteiger partial charge on any atom is -0.452 e. The van der Waals surface area contributed by atoms with Crippen molar-refractivity contribution >= 4 is 40.2 Å². The monoisotopic (exact) mass is 420 g/mol. The van der Waals surface area contributed by atoms with Crippen molar-refractivity contribution in [3.63, 3.8) is 0 Å². The second kappa shape index (κ2) is 8.88. The van der Waals surface area contributed by atoms with E-state index in [4.69, 9.17) is 9.72 Å². The summed E-state index contributed by atoms with van der Waals surface area (Å²) in [7, 11) is 0. The van der Waals surface area contributed by atoms with Crippen LogP contribution in [0.15, 0.2) is 53.4 Å². The maximum Gasteiger partial charge on any atom is 0.339 e. The van der Waals surface area contributed by atoms with Gasteiger partial charge in [-0.3, -0.25) is 9.78 Å². The zero-order valence-corrected chi connectivity index (χ0v) is 17.9. The summed E-state index contributed by atoms with van der Waals surface area (Å²) < 4.78 is 5.44. The van der Waals surface area contributed by atoms with E-state index in [0.29, 0.717) is 17.2 Å². The van der Waals surface area contributed by atoms with E-state index in [1.165, 1.54) is 0 Å². The summed E-state index contributed by atoms with van der Waals surface area (Å²) >= 11 is 1.60. The number of carbonyl (C=O) groups is 2. The van der Waals surface area contributed by atoms with Gasteiger partial charge >= 0.3 is 5.97 Å². The van der Waals surface area contributed by atoms with Crippen LogP contribution in [-0.4, -0.2) is 29.7 Å². The summed E-state index contributed by atoms with van der Waals surface area (Å²) in [6.07, 6.45) is 4.69. The van der Waals surface area contributed by atoms with Crippen molar-refractivity contribution < 1.29 is 14.3 Å². The summed E-state index contributed by atoms with van der Waals surface area (Å²) in [6, 6.07) is 15.2. The molecule has 2 aromatic carbocycles. The quantitative estimate of drug-likeness (QED) is 0.471. The zero-order chi connectivity index (χ0) is 21.1. The highest BCUT2D eigenvalue weighted by Gasteiger charge is 2.26. The van der Waals surface area contributed by atoms with Crippen molar-refractivity contribution in [2.45, 2.75) is 31.1 Å². The predicted molar refractivity (Wildman–Crippen MR) is 120 cm³/mol. The van der Waals surface area contributed by atoms with E-state index < -0.39 is 5.97 Å². The molecule has 0 fully saturated rings. The van der Waals surface area contributed by atoms with Gasteiger partial charge < -0.3 is 10.1 Å². The lowest BCUT2D eigenvalue weighted by molar-refractivity contribution is -0.119. The Bertz CT molecular complexity index is 1110. The number of fused-ring (bicyclic) bond motifs is 2. The number of rotatable bonds is 5. The fraction of sp³-hybridized carbons (Fsp3) is 0.292. The second-order valence-corrected chi connectivity index (χ2v) is 8.51. The van der Waals surface area contributed by atoms with E-state index in [0.717, 1.165) is 46.3 Å². The third-order valence-corrected chi connectivity index (χ3v) is 6.12.